The van der Waals surface area contributed by atoms with Gasteiger partial charge in [-0.05, 0) is 44.0 Å². The molecule has 1 saturated heterocycles. The van der Waals surface area contributed by atoms with E-state index < -0.39 is 0 Å². The maximum absolute atomic E-state index is 12.3. The fourth-order valence-corrected chi connectivity index (χ4v) is 2.48. The van der Waals surface area contributed by atoms with Crippen LogP contribution in [0.3, 0.4) is 0 Å². The van der Waals surface area contributed by atoms with Crippen molar-refractivity contribution in [3.8, 4) is 6.07 Å². The minimum absolute atomic E-state index is 0.0800. The minimum atomic E-state index is 0.0800. The summed E-state index contributed by atoms with van der Waals surface area (Å²) < 4.78 is 0. The number of rotatable bonds is 3. The highest BCUT2D eigenvalue weighted by Crippen LogP contribution is 2.21. The van der Waals surface area contributed by atoms with Crippen LogP contribution in [0, 0.1) is 17.2 Å². The van der Waals surface area contributed by atoms with Gasteiger partial charge in [-0.1, -0.05) is 12.1 Å². The molecule has 4 heteroatoms. The van der Waals surface area contributed by atoms with Crippen molar-refractivity contribution in [3.63, 3.8) is 0 Å². The van der Waals surface area contributed by atoms with Gasteiger partial charge in [-0.3, -0.25) is 4.79 Å². The number of anilines is 1. The molecule has 1 atom stereocenters. The van der Waals surface area contributed by atoms with Crippen molar-refractivity contribution < 1.29 is 4.79 Å². The summed E-state index contributed by atoms with van der Waals surface area (Å²) >= 11 is 0. The number of benzene rings is 1. The van der Waals surface area contributed by atoms with E-state index in [2.05, 4.69) is 11.4 Å². The number of nitriles is 1. The van der Waals surface area contributed by atoms with E-state index in [9.17, 15) is 4.79 Å². The first-order valence-corrected chi connectivity index (χ1v) is 6.68. The predicted molar refractivity (Wildman–Crippen MR) is 74.8 cm³/mol. The average molecular weight is 257 g/mol. The van der Waals surface area contributed by atoms with Gasteiger partial charge in [-0.25, -0.2) is 0 Å². The number of hydrogen-bond acceptors (Lipinski definition) is 3. The smallest absolute Gasteiger partial charge is 0.227 e. The molecule has 1 heterocycles. The van der Waals surface area contributed by atoms with Crippen LogP contribution in [0.5, 0.6) is 0 Å². The van der Waals surface area contributed by atoms with E-state index in [-0.39, 0.29) is 5.91 Å². The van der Waals surface area contributed by atoms with Crippen LogP contribution in [-0.2, 0) is 4.79 Å². The Morgan fingerprint density at radius 1 is 1.53 bits per heavy atom. The molecule has 2 rings (SSSR count). The highest BCUT2D eigenvalue weighted by molar-refractivity contribution is 5.94. The van der Waals surface area contributed by atoms with Crippen molar-refractivity contribution in [2.24, 2.45) is 5.92 Å². The standard InChI is InChI=1S/C15H19N3O/c1-18(14-7-3-2-6-13(14)10-16)15(19)9-12-5-4-8-17-11-12/h2-3,6-7,12,17H,4-5,8-9,11H2,1H3. The molecule has 100 valence electrons. The van der Waals surface area contributed by atoms with E-state index >= 15 is 0 Å². The van der Waals surface area contributed by atoms with Crippen LogP contribution in [0.4, 0.5) is 5.69 Å². The highest BCUT2D eigenvalue weighted by atomic mass is 16.2. The summed E-state index contributed by atoms with van der Waals surface area (Å²) in [6, 6.07) is 9.34. The summed E-state index contributed by atoms with van der Waals surface area (Å²) in [4.78, 5) is 13.9. The maximum Gasteiger partial charge on any atom is 0.227 e. The Hall–Kier alpha value is -1.86. The van der Waals surface area contributed by atoms with Gasteiger partial charge in [0.2, 0.25) is 5.91 Å². The van der Waals surface area contributed by atoms with Crippen LogP contribution >= 0.6 is 0 Å². The van der Waals surface area contributed by atoms with E-state index in [0.717, 1.165) is 25.9 Å². The lowest BCUT2D eigenvalue weighted by molar-refractivity contribution is -0.119. The third-order valence-corrected chi connectivity index (χ3v) is 3.62. The van der Waals surface area contributed by atoms with E-state index in [1.54, 1.807) is 18.0 Å². The van der Waals surface area contributed by atoms with Crippen molar-refractivity contribution in [2.45, 2.75) is 19.3 Å². The number of piperidine rings is 1. The molecule has 1 fully saturated rings. The maximum atomic E-state index is 12.3. The first-order valence-electron chi connectivity index (χ1n) is 6.68. The molecule has 19 heavy (non-hydrogen) atoms. The molecule has 1 unspecified atom stereocenters. The van der Waals surface area contributed by atoms with Gasteiger partial charge in [-0.15, -0.1) is 0 Å². The number of amides is 1. The molecule has 1 aliphatic heterocycles. The Labute approximate surface area is 114 Å². The molecule has 4 nitrogen and oxygen atoms in total. The number of nitrogens with one attached hydrogen (secondary N) is 1. The molecule has 1 aromatic carbocycles. The molecule has 0 aliphatic carbocycles. The molecule has 0 aromatic heterocycles. The summed E-state index contributed by atoms with van der Waals surface area (Å²) in [5.74, 6) is 0.495. The van der Waals surface area contributed by atoms with Gasteiger partial charge in [0.1, 0.15) is 6.07 Å². The highest BCUT2D eigenvalue weighted by Gasteiger charge is 2.20. The van der Waals surface area contributed by atoms with E-state index in [1.165, 1.54) is 0 Å². The number of carbonyl (C=O) groups is 1. The fraction of sp³-hybridized carbons (Fsp3) is 0.467. The second kappa shape index (κ2) is 6.35. The molecular weight excluding hydrogens is 238 g/mol. The molecule has 1 aromatic rings. The van der Waals surface area contributed by atoms with Gasteiger partial charge >= 0.3 is 0 Å². The molecular formula is C15H19N3O. The SMILES string of the molecule is CN(C(=O)CC1CCCNC1)c1ccccc1C#N. The van der Waals surface area contributed by atoms with Crippen molar-refractivity contribution >= 4 is 11.6 Å². The van der Waals surface area contributed by atoms with Crippen molar-refractivity contribution in [1.29, 1.82) is 5.26 Å². The predicted octanol–water partition coefficient (Wildman–Crippen LogP) is 1.91. The van der Waals surface area contributed by atoms with Gasteiger partial charge in [-0.2, -0.15) is 5.26 Å². The minimum Gasteiger partial charge on any atom is -0.316 e. The van der Waals surface area contributed by atoms with Gasteiger partial charge < -0.3 is 10.2 Å². The lowest BCUT2D eigenvalue weighted by Crippen LogP contribution is -2.35. The molecule has 1 N–H and O–H groups in total. The van der Waals surface area contributed by atoms with Gasteiger partial charge in [0.15, 0.2) is 0 Å². The monoisotopic (exact) mass is 257 g/mol. The number of hydrogen-bond donors (Lipinski definition) is 1. The second-order valence-corrected chi connectivity index (χ2v) is 5.00. The quantitative estimate of drug-likeness (QED) is 0.900. The summed E-state index contributed by atoms with van der Waals surface area (Å²) in [7, 11) is 1.74. The van der Waals surface area contributed by atoms with Crippen LogP contribution < -0.4 is 10.2 Å². The van der Waals surface area contributed by atoms with Crippen LogP contribution in [0.2, 0.25) is 0 Å². The van der Waals surface area contributed by atoms with Crippen molar-refractivity contribution in [2.75, 3.05) is 25.0 Å². The lowest BCUT2D eigenvalue weighted by atomic mass is 9.95. The zero-order valence-corrected chi connectivity index (χ0v) is 11.2. The largest absolute Gasteiger partial charge is 0.316 e. The summed E-state index contributed by atoms with van der Waals surface area (Å²) in [5.41, 5.74) is 1.24. The molecule has 0 saturated carbocycles. The van der Waals surface area contributed by atoms with E-state index in [1.807, 2.05) is 18.2 Å². The third-order valence-electron chi connectivity index (χ3n) is 3.62. The fourth-order valence-electron chi connectivity index (χ4n) is 2.48. The van der Waals surface area contributed by atoms with Crippen LogP contribution in [-0.4, -0.2) is 26.0 Å². The first-order chi connectivity index (χ1) is 9.22. The second-order valence-electron chi connectivity index (χ2n) is 5.00. The zero-order valence-electron chi connectivity index (χ0n) is 11.2. The van der Waals surface area contributed by atoms with Crippen LogP contribution in [0.1, 0.15) is 24.8 Å². The Morgan fingerprint density at radius 3 is 3.00 bits per heavy atom. The normalized spacial score (nSPS) is 18.6. The number of para-hydroxylation sites is 1. The van der Waals surface area contributed by atoms with Crippen LogP contribution in [0.15, 0.2) is 24.3 Å². The van der Waals surface area contributed by atoms with E-state index in [4.69, 9.17) is 5.26 Å². The van der Waals surface area contributed by atoms with Gasteiger partial charge in [0.05, 0.1) is 11.3 Å². The molecule has 1 aliphatic rings. The van der Waals surface area contributed by atoms with Crippen molar-refractivity contribution in [3.05, 3.63) is 29.8 Å². The Balaban J connectivity index is 2.04. The Morgan fingerprint density at radius 2 is 2.32 bits per heavy atom. The topological polar surface area (TPSA) is 56.1 Å². The van der Waals surface area contributed by atoms with E-state index in [0.29, 0.717) is 23.6 Å². The van der Waals surface area contributed by atoms with Crippen molar-refractivity contribution in [1.82, 2.24) is 5.32 Å². The Kier molecular flexibility index (Phi) is 4.53. The zero-order chi connectivity index (χ0) is 13.7. The summed E-state index contributed by atoms with van der Waals surface area (Å²) in [6.07, 6.45) is 2.78. The Bertz CT molecular complexity index is 486. The first kappa shape index (κ1) is 13.6. The van der Waals surface area contributed by atoms with Gasteiger partial charge in [0, 0.05) is 13.5 Å². The number of nitrogens with zero attached hydrogens (tertiary/aromatic N) is 2. The summed E-state index contributed by atoms with van der Waals surface area (Å²) in [6.45, 7) is 1.97. The molecule has 0 radical (unpaired) electrons. The number of carbonyl (C=O) groups excluding carboxylic acids is 1. The summed E-state index contributed by atoms with van der Waals surface area (Å²) in [5, 5.41) is 12.4. The third kappa shape index (κ3) is 3.33. The molecule has 0 spiro atoms. The van der Waals surface area contributed by atoms with Gasteiger partial charge in [0.25, 0.3) is 0 Å². The average Bonchev–Trinajstić information content (AvgIpc) is 2.47. The van der Waals surface area contributed by atoms with Crippen LogP contribution in [0.25, 0.3) is 0 Å². The lowest BCUT2D eigenvalue weighted by Gasteiger charge is -2.25. The molecule has 1 amide bonds. The molecule has 0 bridgehead atoms.